The number of hydrogen-bond acceptors (Lipinski definition) is 4. The summed E-state index contributed by atoms with van der Waals surface area (Å²) < 4.78 is 5.55. The van der Waals surface area contributed by atoms with E-state index in [9.17, 15) is 4.79 Å². The van der Waals surface area contributed by atoms with Crippen LogP contribution in [0.15, 0.2) is 0 Å². The Morgan fingerprint density at radius 2 is 2.23 bits per heavy atom. The Hall–Kier alpha value is -0.650. The number of rotatable bonds is 5. The number of ether oxygens (including phenoxy) is 1. The molecule has 0 radical (unpaired) electrons. The summed E-state index contributed by atoms with van der Waals surface area (Å²) in [5, 5.41) is 6.38. The third kappa shape index (κ3) is 4.43. The van der Waals surface area contributed by atoms with Crippen molar-refractivity contribution in [2.24, 2.45) is 5.92 Å². The van der Waals surface area contributed by atoms with Crippen molar-refractivity contribution in [2.75, 3.05) is 32.8 Å². The van der Waals surface area contributed by atoms with Crippen molar-refractivity contribution in [2.45, 2.75) is 64.6 Å². The van der Waals surface area contributed by atoms with E-state index < -0.39 is 0 Å². The maximum Gasteiger partial charge on any atom is 0.239 e. The molecule has 0 spiro atoms. The zero-order valence-electron chi connectivity index (χ0n) is 14.7. The number of hydrogen-bond donors (Lipinski definition) is 2. The van der Waals surface area contributed by atoms with E-state index in [1.807, 2.05) is 6.92 Å². The average molecular weight is 311 g/mol. The van der Waals surface area contributed by atoms with Gasteiger partial charge in [0.2, 0.25) is 5.91 Å². The molecule has 2 aliphatic heterocycles. The van der Waals surface area contributed by atoms with Crippen LogP contribution in [0.4, 0.5) is 0 Å². The normalized spacial score (nSPS) is 31.0. The van der Waals surface area contributed by atoms with E-state index in [-0.39, 0.29) is 23.6 Å². The molecule has 0 saturated carbocycles. The summed E-state index contributed by atoms with van der Waals surface area (Å²) in [6.45, 7) is 13.1. The van der Waals surface area contributed by atoms with Crippen LogP contribution in [0.1, 0.15) is 47.0 Å². The second kappa shape index (κ2) is 7.75. The van der Waals surface area contributed by atoms with Crippen LogP contribution >= 0.6 is 0 Å². The van der Waals surface area contributed by atoms with Gasteiger partial charge in [0.25, 0.3) is 0 Å². The highest BCUT2D eigenvalue weighted by Gasteiger charge is 2.33. The Morgan fingerprint density at radius 1 is 1.45 bits per heavy atom. The van der Waals surface area contributed by atoms with E-state index in [2.05, 4.69) is 36.3 Å². The van der Waals surface area contributed by atoms with Gasteiger partial charge in [-0.2, -0.15) is 0 Å². The molecule has 2 N–H and O–H groups in total. The van der Waals surface area contributed by atoms with Crippen LogP contribution in [-0.2, 0) is 9.53 Å². The second-order valence-corrected chi connectivity index (χ2v) is 7.40. The minimum absolute atomic E-state index is 0.00224. The van der Waals surface area contributed by atoms with Crippen LogP contribution in [0.2, 0.25) is 0 Å². The standard InChI is InChI=1S/C17H33N3O2/c1-5-14-7-6-9-20(11-14)17(3,4)12-19-16(21)15-13(2)22-10-8-18-15/h13-15,18H,5-12H2,1-4H3,(H,19,21)/t13-,14?,15+/m1/s1. The van der Waals surface area contributed by atoms with Crippen molar-refractivity contribution in [3.8, 4) is 0 Å². The lowest BCUT2D eigenvalue weighted by Gasteiger charge is -2.44. The number of morpholine rings is 1. The first kappa shape index (κ1) is 17.7. The third-order valence-electron chi connectivity index (χ3n) is 5.25. The molecule has 2 saturated heterocycles. The van der Waals surface area contributed by atoms with E-state index in [0.29, 0.717) is 13.2 Å². The quantitative estimate of drug-likeness (QED) is 0.805. The molecule has 0 bridgehead atoms. The van der Waals surface area contributed by atoms with Crippen LogP contribution < -0.4 is 10.6 Å². The van der Waals surface area contributed by atoms with Crippen molar-refractivity contribution in [3.05, 3.63) is 0 Å². The molecule has 22 heavy (non-hydrogen) atoms. The molecule has 2 fully saturated rings. The van der Waals surface area contributed by atoms with Gasteiger partial charge in [-0.25, -0.2) is 0 Å². The lowest BCUT2D eigenvalue weighted by molar-refractivity contribution is -0.129. The fourth-order valence-corrected chi connectivity index (χ4v) is 3.50. The Kier molecular flexibility index (Phi) is 6.24. The summed E-state index contributed by atoms with van der Waals surface area (Å²) in [7, 11) is 0. The molecule has 2 heterocycles. The number of nitrogens with one attached hydrogen (secondary N) is 2. The van der Waals surface area contributed by atoms with Gasteiger partial charge in [-0.3, -0.25) is 9.69 Å². The minimum atomic E-state index is -0.228. The molecule has 128 valence electrons. The second-order valence-electron chi connectivity index (χ2n) is 7.40. The summed E-state index contributed by atoms with van der Waals surface area (Å²) in [6, 6.07) is -0.228. The highest BCUT2D eigenvalue weighted by molar-refractivity contribution is 5.82. The molecule has 1 amide bonds. The Bertz CT molecular complexity index is 373. The summed E-state index contributed by atoms with van der Waals surface area (Å²) in [6.07, 6.45) is 3.80. The minimum Gasteiger partial charge on any atom is -0.375 e. The molecular formula is C17H33N3O2. The number of likely N-dealkylation sites (tertiary alicyclic amines) is 1. The molecular weight excluding hydrogens is 278 g/mol. The van der Waals surface area contributed by atoms with Gasteiger partial charge < -0.3 is 15.4 Å². The maximum atomic E-state index is 12.4. The number of carbonyl (C=O) groups excluding carboxylic acids is 1. The Morgan fingerprint density at radius 3 is 2.91 bits per heavy atom. The van der Waals surface area contributed by atoms with Crippen LogP contribution in [0.5, 0.6) is 0 Å². The van der Waals surface area contributed by atoms with Crippen molar-refractivity contribution in [3.63, 3.8) is 0 Å². The fourth-order valence-electron chi connectivity index (χ4n) is 3.50. The zero-order valence-corrected chi connectivity index (χ0v) is 14.7. The van der Waals surface area contributed by atoms with E-state index in [1.54, 1.807) is 0 Å². The first-order chi connectivity index (χ1) is 10.4. The van der Waals surface area contributed by atoms with E-state index in [4.69, 9.17) is 4.74 Å². The van der Waals surface area contributed by atoms with E-state index in [0.717, 1.165) is 25.6 Å². The fraction of sp³-hybridized carbons (Fsp3) is 0.941. The topological polar surface area (TPSA) is 53.6 Å². The summed E-state index contributed by atoms with van der Waals surface area (Å²) in [4.78, 5) is 14.9. The number of nitrogens with zero attached hydrogens (tertiary/aromatic N) is 1. The van der Waals surface area contributed by atoms with Gasteiger partial charge >= 0.3 is 0 Å². The highest BCUT2D eigenvalue weighted by Crippen LogP contribution is 2.25. The third-order valence-corrected chi connectivity index (χ3v) is 5.25. The summed E-state index contributed by atoms with van der Waals surface area (Å²) in [5.41, 5.74) is 0.00224. The van der Waals surface area contributed by atoms with Crippen LogP contribution in [0.25, 0.3) is 0 Å². The lowest BCUT2D eigenvalue weighted by atomic mass is 9.91. The molecule has 2 rings (SSSR count). The first-order valence-corrected chi connectivity index (χ1v) is 8.82. The SMILES string of the molecule is CCC1CCCN(C(C)(C)CNC(=O)[C@H]2NCCO[C@@H]2C)C1. The largest absolute Gasteiger partial charge is 0.375 e. The van der Waals surface area contributed by atoms with Gasteiger partial charge in [-0.15, -0.1) is 0 Å². The highest BCUT2D eigenvalue weighted by atomic mass is 16.5. The van der Waals surface area contributed by atoms with Gasteiger partial charge in [0.1, 0.15) is 6.04 Å². The smallest absolute Gasteiger partial charge is 0.239 e. The molecule has 1 unspecified atom stereocenters. The van der Waals surface area contributed by atoms with Gasteiger partial charge in [0.15, 0.2) is 0 Å². The van der Waals surface area contributed by atoms with Crippen molar-refractivity contribution >= 4 is 5.91 Å². The molecule has 5 heteroatoms. The lowest BCUT2D eigenvalue weighted by Crippen LogP contribution is -2.59. The maximum absolute atomic E-state index is 12.4. The van der Waals surface area contributed by atoms with Gasteiger partial charge in [0.05, 0.1) is 12.7 Å². The van der Waals surface area contributed by atoms with E-state index in [1.165, 1.54) is 19.3 Å². The van der Waals surface area contributed by atoms with Crippen molar-refractivity contribution in [1.29, 1.82) is 0 Å². The van der Waals surface area contributed by atoms with E-state index >= 15 is 0 Å². The Labute approximate surface area is 135 Å². The van der Waals surface area contributed by atoms with Crippen LogP contribution in [0, 0.1) is 5.92 Å². The predicted octanol–water partition coefficient (Wildman–Crippen LogP) is 1.38. The van der Waals surface area contributed by atoms with Crippen molar-refractivity contribution in [1.82, 2.24) is 15.5 Å². The average Bonchev–Trinajstić information content (AvgIpc) is 2.53. The first-order valence-electron chi connectivity index (χ1n) is 8.82. The number of carbonyl (C=O) groups is 1. The molecule has 0 aliphatic carbocycles. The number of amides is 1. The molecule has 3 atom stereocenters. The zero-order chi connectivity index (χ0) is 16.2. The molecule has 0 aromatic carbocycles. The van der Waals surface area contributed by atoms with Gasteiger partial charge in [-0.05, 0) is 46.1 Å². The van der Waals surface area contributed by atoms with Gasteiger partial charge in [0, 0.05) is 25.2 Å². The monoisotopic (exact) mass is 311 g/mol. The predicted molar refractivity (Wildman–Crippen MR) is 88.9 cm³/mol. The van der Waals surface area contributed by atoms with Crippen molar-refractivity contribution < 1.29 is 9.53 Å². The van der Waals surface area contributed by atoms with Crippen LogP contribution in [0.3, 0.4) is 0 Å². The summed E-state index contributed by atoms with van der Waals surface area (Å²) in [5.74, 6) is 0.862. The summed E-state index contributed by atoms with van der Waals surface area (Å²) >= 11 is 0. The molecule has 0 aromatic rings. The van der Waals surface area contributed by atoms with Gasteiger partial charge in [-0.1, -0.05) is 13.3 Å². The van der Waals surface area contributed by atoms with Crippen LogP contribution in [-0.4, -0.2) is 61.3 Å². The molecule has 0 aromatic heterocycles. The molecule has 2 aliphatic rings. The number of piperidine rings is 1. The molecule has 5 nitrogen and oxygen atoms in total. The Balaban J connectivity index is 1.84.